The molecular weight excluding hydrogens is 330 g/mol. The minimum atomic E-state index is -0.821. The number of benzene rings is 1. The van der Waals surface area contributed by atoms with Gasteiger partial charge in [-0.2, -0.15) is 0 Å². The van der Waals surface area contributed by atoms with Crippen molar-refractivity contribution < 1.29 is 19.3 Å². The molecule has 0 bridgehead atoms. The minimum Gasteiger partial charge on any atom is -0.475 e. The molecular formula is C21H29NO4. The Labute approximate surface area is 155 Å². The Kier molecular flexibility index (Phi) is 4.37. The summed E-state index contributed by atoms with van der Waals surface area (Å²) in [6.45, 7) is 7.51. The van der Waals surface area contributed by atoms with E-state index in [-0.39, 0.29) is 11.6 Å². The molecule has 1 saturated carbocycles. The van der Waals surface area contributed by atoms with Crippen LogP contribution >= 0.6 is 0 Å². The predicted octanol–water partition coefficient (Wildman–Crippen LogP) is 3.53. The maximum Gasteiger partial charge on any atom is 0.216 e. The first-order valence-corrected chi connectivity index (χ1v) is 9.71. The van der Waals surface area contributed by atoms with Crippen LogP contribution in [0.4, 0.5) is 0 Å². The fourth-order valence-corrected chi connectivity index (χ4v) is 4.07. The maximum atomic E-state index is 11.2. The van der Waals surface area contributed by atoms with E-state index in [0.717, 1.165) is 30.4 Å². The zero-order valence-electron chi connectivity index (χ0n) is 16.0. The van der Waals surface area contributed by atoms with Gasteiger partial charge in [0, 0.05) is 18.4 Å². The molecule has 142 valence electrons. The molecule has 1 aromatic rings. The molecule has 1 aliphatic carbocycles. The lowest BCUT2D eigenvalue weighted by Gasteiger charge is -2.41. The van der Waals surface area contributed by atoms with E-state index >= 15 is 0 Å². The Morgan fingerprint density at radius 2 is 1.81 bits per heavy atom. The van der Waals surface area contributed by atoms with Crippen LogP contribution in [0.25, 0.3) is 0 Å². The highest BCUT2D eigenvalue weighted by atomic mass is 16.7. The van der Waals surface area contributed by atoms with Crippen LogP contribution in [0.3, 0.4) is 0 Å². The lowest BCUT2D eigenvalue weighted by Crippen LogP contribution is -2.42. The standard InChI is InChI=1S/C21H29NO4/c1-4-17-13-25-21(26-17)11-9-20(23,10-12-21)16-7-5-15(6-8-16)18-22-19(2,3)14-24-18/h5-8,17,23H,4,9-14H2,1-3H3. The molecule has 1 aromatic carbocycles. The second-order valence-electron chi connectivity index (χ2n) is 8.50. The van der Waals surface area contributed by atoms with Gasteiger partial charge in [-0.25, -0.2) is 4.99 Å². The Morgan fingerprint density at radius 3 is 2.35 bits per heavy atom. The van der Waals surface area contributed by atoms with E-state index in [1.54, 1.807) is 0 Å². The molecule has 2 fully saturated rings. The highest BCUT2D eigenvalue weighted by molar-refractivity contribution is 5.95. The number of hydrogen-bond donors (Lipinski definition) is 1. The summed E-state index contributed by atoms with van der Waals surface area (Å²) >= 11 is 0. The van der Waals surface area contributed by atoms with E-state index in [0.29, 0.717) is 32.0 Å². The number of ether oxygens (including phenoxy) is 3. The highest BCUT2D eigenvalue weighted by Gasteiger charge is 2.48. The number of rotatable bonds is 3. The molecule has 5 heteroatoms. The zero-order chi connectivity index (χ0) is 18.4. The van der Waals surface area contributed by atoms with Crippen LogP contribution in [0.5, 0.6) is 0 Å². The van der Waals surface area contributed by atoms with Crippen LogP contribution in [0.1, 0.15) is 64.0 Å². The zero-order valence-corrected chi connectivity index (χ0v) is 16.0. The summed E-state index contributed by atoms with van der Waals surface area (Å²) in [6.07, 6.45) is 3.91. The van der Waals surface area contributed by atoms with Gasteiger partial charge in [-0.05, 0) is 50.8 Å². The first kappa shape index (κ1) is 18.0. The minimum absolute atomic E-state index is 0.165. The van der Waals surface area contributed by atoms with Gasteiger partial charge in [0.05, 0.1) is 23.9 Å². The van der Waals surface area contributed by atoms with Crippen molar-refractivity contribution in [1.29, 1.82) is 0 Å². The third kappa shape index (κ3) is 3.28. The van der Waals surface area contributed by atoms with Crippen molar-refractivity contribution in [2.45, 2.75) is 75.9 Å². The van der Waals surface area contributed by atoms with Crippen LogP contribution in [-0.2, 0) is 19.8 Å². The fraction of sp³-hybridized carbons (Fsp3) is 0.667. The Balaban J connectivity index is 1.45. The molecule has 3 aliphatic rings. The van der Waals surface area contributed by atoms with Gasteiger partial charge in [0.15, 0.2) is 5.79 Å². The topological polar surface area (TPSA) is 60.3 Å². The molecule has 4 rings (SSSR count). The summed E-state index contributed by atoms with van der Waals surface area (Å²) in [5.41, 5.74) is 0.919. The van der Waals surface area contributed by atoms with E-state index < -0.39 is 11.4 Å². The van der Waals surface area contributed by atoms with E-state index in [9.17, 15) is 5.11 Å². The first-order valence-electron chi connectivity index (χ1n) is 9.71. The average molecular weight is 359 g/mol. The molecule has 1 atom stereocenters. The first-order chi connectivity index (χ1) is 12.3. The third-order valence-corrected chi connectivity index (χ3v) is 5.84. The SMILES string of the molecule is CCC1COC2(CCC(O)(c3ccc(C4=NC(C)(C)CO4)cc3)CC2)O1. The van der Waals surface area contributed by atoms with Crippen molar-refractivity contribution >= 4 is 5.90 Å². The van der Waals surface area contributed by atoms with Crippen molar-refractivity contribution in [2.75, 3.05) is 13.2 Å². The molecule has 0 radical (unpaired) electrons. The van der Waals surface area contributed by atoms with Gasteiger partial charge >= 0.3 is 0 Å². The molecule has 2 heterocycles. The smallest absolute Gasteiger partial charge is 0.216 e. The Hall–Kier alpha value is -1.43. The summed E-state index contributed by atoms with van der Waals surface area (Å²) in [4.78, 5) is 4.61. The van der Waals surface area contributed by atoms with Crippen molar-refractivity contribution in [1.82, 2.24) is 0 Å². The number of hydrogen-bond acceptors (Lipinski definition) is 5. The summed E-state index contributed by atoms with van der Waals surface area (Å²) in [5.74, 6) is 0.208. The molecule has 1 unspecified atom stereocenters. The van der Waals surface area contributed by atoms with E-state index in [1.165, 1.54) is 0 Å². The van der Waals surface area contributed by atoms with E-state index in [4.69, 9.17) is 14.2 Å². The molecule has 1 N–H and O–H groups in total. The lowest BCUT2D eigenvalue weighted by atomic mass is 9.77. The number of aliphatic imine (C=N–C) groups is 1. The van der Waals surface area contributed by atoms with Gasteiger partial charge in [-0.1, -0.05) is 19.1 Å². The molecule has 26 heavy (non-hydrogen) atoms. The highest BCUT2D eigenvalue weighted by Crippen LogP contribution is 2.46. The van der Waals surface area contributed by atoms with Gasteiger partial charge in [0.25, 0.3) is 0 Å². The third-order valence-electron chi connectivity index (χ3n) is 5.84. The van der Waals surface area contributed by atoms with Gasteiger partial charge in [-0.3, -0.25) is 0 Å². The molecule has 2 aliphatic heterocycles. The molecule has 0 aromatic heterocycles. The molecule has 5 nitrogen and oxygen atoms in total. The second-order valence-corrected chi connectivity index (χ2v) is 8.50. The summed E-state index contributed by atoms with van der Waals surface area (Å²) in [7, 11) is 0. The lowest BCUT2D eigenvalue weighted by molar-refractivity contribution is -0.212. The van der Waals surface area contributed by atoms with E-state index in [2.05, 4.69) is 25.8 Å². The Morgan fingerprint density at radius 1 is 1.12 bits per heavy atom. The number of aliphatic hydroxyl groups is 1. The number of nitrogens with zero attached hydrogens (tertiary/aromatic N) is 1. The van der Waals surface area contributed by atoms with Gasteiger partial charge in [-0.15, -0.1) is 0 Å². The fourth-order valence-electron chi connectivity index (χ4n) is 4.07. The van der Waals surface area contributed by atoms with Crippen molar-refractivity contribution in [3.63, 3.8) is 0 Å². The summed E-state index contributed by atoms with van der Waals surface area (Å²) < 4.78 is 17.8. The van der Waals surface area contributed by atoms with Crippen molar-refractivity contribution in [2.24, 2.45) is 4.99 Å². The summed E-state index contributed by atoms with van der Waals surface area (Å²) in [6, 6.07) is 7.98. The average Bonchev–Trinajstić information content (AvgIpc) is 3.21. The molecule has 1 spiro atoms. The largest absolute Gasteiger partial charge is 0.475 e. The van der Waals surface area contributed by atoms with Gasteiger partial charge < -0.3 is 19.3 Å². The molecule has 1 saturated heterocycles. The van der Waals surface area contributed by atoms with Gasteiger partial charge in [0.1, 0.15) is 6.61 Å². The van der Waals surface area contributed by atoms with Crippen LogP contribution in [0.15, 0.2) is 29.3 Å². The second kappa shape index (κ2) is 6.32. The van der Waals surface area contributed by atoms with Crippen molar-refractivity contribution in [3.8, 4) is 0 Å². The predicted molar refractivity (Wildman–Crippen MR) is 99.2 cm³/mol. The Bertz CT molecular complexity index is 686. The molecule has 0 amide bonds. The van der Waals surface area contributed by atoms with Gasteiger partial charge in [0.2, 0.25) is 5.90 Å². The van der Waals surface area contributed by atoms with Crippen molar-refractivity contribution in [3.05, 3.63) is 35.4 Å². The van der Waals surface area contributed by atoms with Crippen LogP contribution < -0.4 is 0 Å². The normalized spacial score (nSPS) is 36.2. The van der Waals surface area contributed by atoms with Crippen LogP contribution in [0, 0.1) is 0 Å². The maximum absolute atomic E-state index is 11.2. The van der Waals surface area contributed by atoms with Crippen LogP contribution in [-0.4, -0.2) is 41.6 Å². The van der Waals surface area contributed by atoms with E-state index in [1.807, 2.05) is 24.3 Å². The monoisotopic (exact) mass is 359 g/mol. The quantitative estimate of drug-likeness (QED) is 0.897. The van der Waals surface area contributed by atoms with Crippen LogP contribution in [0.2, 0.25) is 0 Å². The summed E-state index contributed by atoms with van der Waals surface area (Å²) in [5, 5.41) is 11.2.